The quantitative estimate of drug-likeness (QED) is 0.741. The van der Waals surface area contributed by atoms with Crippen molar-refractivity contribution in [1.29, 1.82) is 0 Å². The number of benzene rings is 1. The summed E-state index contributed by atoms with van der Waals surface area (Å²) >= 11 is 5.30. The van der Waals surface area contributed by atoms with Gasteiger partial charge in [-0.25, -0.2) is 0 Å². The summed E-state index contributed by atoms with van der Waals surface area (Å²) in [4.78, 5) is 10.8. The molecule has 0 heterocycles. The number of phenols is 1. The second-order valence-corrected chi connectivity index (χ2v) is 3.13. The third-order valence-corrected chi connectivity index (χ3v) is 2.07. The monoisotopic (exact) mass is 213 g/mol. The molecule has 2 N–H and O–H groups in total. The van der Waals surface area contributed by atoms with E-state index >= 15 is 0 Å². The maximum absolute atomic E-state index is 10.8. The summed E-state index contributed by atoms with van der Waals surface area (Å²) in [6.45, 7) is 0.489. The molecule has 0 fully saturated rings. The molecule has 0 aromatic heterocycles. The van der Waals surface area contributed by atoms with Crippen molar-refractivity contribution >= 4 is 17.5 Å². The van der Waals surface area contributed by atoms with E-state index in [0.29, 0.717) is 13.0 Å². The Hall–Kier alpha value is -1.22. The van der Waals surface area contributed by atoms with Gasteiger partial charge in [0, 0.05) is 6.54 Å². The summed E-state index contributed by atoms with van der Waals surface area (Å²) in [6.07, 6.45) is 0.606. The van der Waals surface area contributed by atoms with Crippen LogP contribution in [0.15, 0.2) is 24.3 Å². The number of rotatable bonds is 4. The van der Waals surface area contributed by atoms with Crippen molar-refractivity contribution in [3.05, 3.63) is 29.8 Å². The number of aromatic hydroxyl groups is 1. The van der Waals surface area contributed by atoms with Crippen LogP contribution in [-0.4, -0.2) is 23.4 Å². The summed E-state index contributed by atoms with van der Waals surface area (Å²) in [5.41, 5.74) is 0.822. The first-order chi connectivity index (χ1) is 6.74. The molecule has 1 rings (SSSR count). The van der Waals surface area contributed by atoms with Gasteiger partial charge < -0.3 is 10.4 Å². The molecule has 0 radical (unpaired) electrons. The predicted molar refractivity (Wildman–Crippen MR) is 55.5 cm³/mol. The van der Waals surface area contributed by atoms with Gasteiger partial charge in [-0.05, 0) is 18.1 Å². The highest BCUT2D eigenvalue weighted by Crippen LogP contribution is 2.15. The molecule has 0 unspecified atom stereocenters. The van der Waals surface area contributed by atoms with Gasteiger partial charge in [-0.3, -0.25) is 4.79 Å². The standard InChI is InChI=1S/C10H12ClNO2/c11-7-10(14)12-6-5-8-3-1-2-4-9(8)13/h1-4,13H,5-7H2,(H,12,14). The zero-order valence-corrected chi connectivity index (χ0v) is 8.42. The second kappa shape index (κ2) is 5.50. The molecule has 1 aromatic rings. The predicted octanol–water partition coefficient (Wildman–Crippen LogP) is 1.29. The minimum Gasteiger partial charge on any atom is -0.508 e. The molecule has 14 heavy (non-hydrogen) atoms. The first-order valence-electron chi connectivity index (χ1n) is 4.33. The van der Waals surface area contributed by atoms with Gasteiger partial charge in [0.05, 0.1) is 0 Å². The van der Waals surface area contributed by atoms with Crippen molar-refractivity contribution in [3.63, 3.8) is 0 Å². The van der Waals surface area contributed by atoms with Crippen LogP contribution in [0, 0.1) is 0 Å². The molecule has 76 valence electrons. The Morgan fingerprint density at radius 1 is 1.43 bits per heavy atom. The first kappa shape index (κ1) is 10.9. The lowest BCUT2D eigenvalue weighted by Gasteiger charge is -2.04. The van der Waals surface area contributed by atoms with Crippen molar-refractivity contribution in [1.82, 2.24) is 5.32 Å². The van der Waals surface area contributed by atoms with E-state index in [1.165, 1.54) is 0 Å². The van der Waals surface area contributed by atoms with Crippen LogP contribution in [0.2, 0.25) is 0 Å². The highest BCUT2D eigenvalue weighted by molar-refractivity contribution is 6.27. The van der Waals surface area contributed by atoms with E-state index in [1.54, 1.807) is 12.1 Å². The topological polar surface area (TPSA) is 49.3 Å². The van der Waals surface area contributed by atoms with Gasteiger partial charge >= 0.3 is 0 Å². The van der Waals surface area contributed by atoms with Gasteiger partial charge in [0.15, 0.2) is 0 Å². The molecule has 0 spiro atoms. The fourth-order valence-electron chi connectivity index (χ4n) is 1.11. The molecule has 0 aliphatic carbocycles. The lowest BCUT2D eigenvalue weighted by atomic mass is 10.1. The number of carbonyl (C=O) groups excluding carboxylic acids is 1. The van der Waals surface area contributed by atoms with E-state index in [2.05, 4.69) is 5.32 Å². The second-order valence-electron chi connectivity index (χ2n) is 2.86. The minimum absolute atomic E-state index is 0.0270. The molecule has 0 aliphatic rings. The maximum Gasteiger partial charge on any atom is 0.234 e. The van der Waals surface area contributed by atoms with Gasteiger partial charge in [-0.15, -0.1) is 11.6 Å². The molecule has 0 aliphatic heterocycles. The Kier molecular flexibility index (Phi) is 4.26. The number of nitrogens with one attached hydrogen (secondary N) is 1. The van der Waals surface area contributed by atoms with Crippen LogP contribution in [0.5, 0.6) is 5.75 Å². The molecule has 4 heteroatoms. The summed E-state index contributed by atoms with van der Waals surface area (Å²) in [7, 11) is 0. The van der Waals surface area contributed by atoms with Gasteiger partial charge in [0.2, 0.25) is 5.91 Å². The van der Waals surface area contributed by atoms with E-state index in [1.807, 2.05) is 12.1 Å². The Morgan fingerprint density at radius 3 is 2.79 bits per heavy atom. The smallest absolute Gasteiger partial charge is 0.234 e. The average Bonchev–Trinajstić information content (AvgIpc) is 2.20. The van der Waals surface area contributed by atoms with Gasteiger partial charge in [0.25, 0.3) is 0 Å². The molecule has 1 amide bonds. The van der Waals surface area contributed by atoms with Crippen molar-refractivity contribution in [2.45, 2.75) is 6.42 Å². The fraction of sp³-hybridized carbons (Fsp3) is 0.300. The molecular weight excluding hydrogens is 202 g/mol. The van der Waals surface area contributed by atoms with Gasteiger partial charge in [-0.1, -0.05) is 18.2 Å². The number of halogens is 1. The molecule has 0 saturated carbocycles. The summed E-state index contributed by atoms with van der Waals surface area (Å²) < 4.78 is 0. The van der Waals surface area contributed by atoms with E-state index in [9.17, 15) is 9.90 Å². The Bertz CT molecular complexity index is 315. The van der Waals surface area contributed by atoms with Gasteiger partial charge in [-0.2, -0.15) is 0 Å². The Morgan fingerprint density at radius 2 is 2.14 bits per heavy atom. The summed E-state index contributed by atoms with van der Waals surface area (Å²) in [5, 5.41) is 12.0. The molecule has 0 atom stereocenters. The number of hydrogen-bond donors (Lipinski definition) is 2. The van der Waals surface area contributed by atoms with E-state index < -0.39 is 0 Å². The zero-order chi connectivity index (χ0) is 10.4. The first-order valence-corrected chi connectivity index (χ1v) is 4.87. The summed E-state index contributed by atoms with van der Waals surface area (Å²) in [6, 6.07) is 7.05. The van der Waals surface area contributed by atoms with Crippen LogP contribution in [0.25, 0.3) is 0 Å². The number of alkyl halides is 1. The maximum atomic E-state index is 10.8. The zero-order valence-electron chi connectivity index (χ0n) is 7.66. The van der Waals surface area contributed by atoms with Crippen LogP contribution in [0.1, 0.15) is 5.56 Å². The van der Waals surface area contributed by atoms with Crippen LogP contribution >= 0.6 is 11.6 Å². The normalized spacial score (nSPS) is 9.79. The third kappa shape index (κ3) is 3.26. The number of carbonyl (C=O) groups is 1. The lowest BCUT2D eigenvalue weighted by Crippen LogP contribution is -2.26. The van der Waals surface area contributed by atoms with Crippen LogP contribution in [0.4, 0.5) is 0 Å². The van der Waals surface area contributed by atoms with Crippen molar-refractivity contribution < 1.29 is 9.90 Å². The number of para-hydroxylation sites is 1. The summed E-state index contributed by atoms with van der Waals surface area (Å²) in [5.74, 6) is 0.0375. The van der Waals surface area contributed by atoms with Crippen LogP contribution in [-0.2, 0) is 11.2 Å². The highest BCUT2D eigenvalue weighted by atomic mass is 35.5. The molecule has 0 bridgehead atoms. The highest BCUT2D eigenvalue weighted by Gasteiger charge is 2.00. The van der Waals surface area contributed by atoms with Crippen LogP contribution in [0.3, 0.4) is 0 Å². The number of hydrogen-bond acceptors (Lipinski definition) is 2. The van der Waals surface area contributed by atoms with E-state index in [4.69, 9.17) is 11.6 Å². The Labute approximate surface area is 87.7 Å². The molecule has 0 saturated heterocycles. The van der Waals surface area contributed by atoms with Crippen molar-refractivity contribution in [2.24, 2.45) is 0 Å². The third-order valence-electron chi connectivity index (χ3n) is 1.83. The molecule has 3 nitrogen and oxygen atoms in total. The van der Waals surface area contributed by atoms with E-state index in [-0.39, 0.29) is 17.5 Å². The van der Waals surface area contributed by atoms with Crippen molar-refractivity contribution in [2.75, 3.05) is 12.4 Å². The Balaban J connectivity index is 2.39. The fourth-order valence-corrected chi connectivity index (χ4v) is 1.20. The number of phenolic OH excluding ortho intramolecular Hbond substituents is 1. The SMILES string of the molecule is O=C(CCl)NCCc1ccccc1O. The van der Waals surface area contributed by atoms with Gasteiger partial charge in [0.1, 0.15) is 11.6 Å². The number of amides is 1. The minimum atomic E-state index is -0.193. The van der Waals surface area contributed by atoms with E-state index in [0.717, 1.165) is 5.56 Å². The van der Waals surface area contributed by atoms with Crippen LogP contribution < -0.4 is 5.32 Å². The lowest BCUT2D eigenvalue weighted by molar-refractivity contribution is -0.118. The largest absolute Gasteiger partial charge is 0.508 e. The van der Waals surface area contributed by atoms with Crippen molar-refractivity contribution in [3.8, 4) is 5.75 Å². The average molecular weight is 214 g/mol. The molecular formula is C10H12ClNO2. The molecule has 1 aromatic carbocycles.